The Morgan fingerprint density at radius 3 is 2.90 bits per heavy atom. The van der Waals surface area contributed by atoms with Gasteiger partial charge < -0.3 is 10.1 Å². The van der Waals surface area contributed by atoms with Crippen LogP contribution in [0.2, 0.25) is 5.02 Å². The highest BCUT2D eigenvalue weighted by atomic mass is 35.5. The van der Waals surface area contributed by atoms with Crippen molar-refractivity contribution in [3.05, 3.63) is 64.8 Å². The van der Waals surface area contributed by atoms with Crippen molar-refractivity contribution in [2.24, 2.45) is 0 Å². The highest BCUT2D eigenvalue weighted by molar-refractivity contribution is 6.33. The number of hydroxylamine groups is 1. The molecule has 1 aromatic heterocycles. The van der Waals surface area contributed by atoms with Crippen LogP contribution in [0.15, 0.2) is 48.7 Å². The van der Waals surface area contributed by atoms with E-state index in [-0.39, 0.29) is 12.2 Å². The van der Waals surface area contributed by atoms with Crippen molar-refractivity contribution < 1.29 is 14.4 Å². The van der Waals surface area contributed by atoms with Crippen molar-refractivity contribution >= 4 is 29.4 Å². The lowest BCUT2D eigenvalue weighted by atomic mass is 10.1. The number of aromatic nitrogens is 1. The molecule has 1 saturated heterocycles. The van der Waals surface area contributed by atoms with E-state index in [9.17, 15) is 4.79 Å². The van der Waals surface area contributed by atoms with E-state index in [2.05, 4.69) is 40.0 Å². The maximum absolute atomic E-state index is 11.9. The number of rotatable bonds is 7. The molecule has 0 bridgehead atoms. The smallest absolute Gasteiger partial charge is 0.267 e. The van der Waals surface area contributed by atoms with Gasteiger partial charge >= 0.3 is 0 Å². The molecule has 1 saturated carbocycles. The van der Waals surface area contributed by atoms with E-state index >= 15 is 0 Å². The number of anilines is 1. The van der Waals surface area contributed by atoms with E-state index in [1.165, 1.54) is 11.6 Å². The largest absolute Gasteiger partial charge is 0.365 e. The monoisotopic (exact) mass is 413 g/mol. The van der Waals surface area contributed by atoms with Crippen molar-refractivity contribution in [1.29, 1.82) is 0 Å². The number of carbonyl (C=O) groups excluding carboxylic acids is 1. The van der Waals surface area contributed by atoms with Gasteiger partial charge in [-0.3, -0.25) is 4.79 Å². The average Bonchev–Trinajstić information content (AvgIpc) is 3.53. The van der Waals surface area contributed by atoms with Crippen LogP contribution < -0.4 is 10.8 Å². The van der Waals surface area contributed by atoms with Gasteiger partial charge in [-0.15, -0.1) is 0 Å². The quantitative estimate of drug-likeness (QED) is 0.523. The number of hydrogen-bond acceptors (Lipinski definition) is 5. The van der Waals surface area contributed by atoms with Gasteiger partial charge in [-0.2, -0.15) is 0 Å². The van der Waals surface area contributed by atoms with Crippen LogP contribution in [0.5, 0.6) is 0 Å². The third kappa shape index (κ3) is 5.56. The average molecular weight is 414 g/mol. The number of pyridine rings is 1. The van der Waals surface area contributed by atoms with Crippen molar-refractivity contribution in [2.45, 2.75) is 43.9 Å². The molecule has 2 heterocycles. The molecule has 1 amide bonds. The Kier molecular flexibility index (Phi) is 6.44. The minimum absolute atomic E-state index is 0.341. The molecule has 3 atom stereocenters. The number of ether oxygens (including phenoxy) is 1. The molecule has 29 heavy (non-hydrogen) atoms. The Bertz CT molecular complexity index is 869. The van der Waals surface area contributed by atoms with Crippen LogP contribution in [0.25, 0.3) is 6.08 Å². The van der Waals surface area contributed by atoms with Gasteiger partial charge in [0.05, 0.1) is 5.02 Å². The van der Waals surface area contributed by atoms with Crippen molar-refractivity contribution in [2.75, 3.05) is 11.9 Å². The molecular weight excluding hydrogens is 390 g/mol. The first-order chi connectivity index (χ1) is 14.2. The Morgan fingerprint density at radius 1 is 1.28 bits per heavy atom. The summed E-state index contributed by atoms with van der Waals surface area (Å²) in [6.45, 7) is 0.661. The second-order valence-corrected chi connectivity index (χ2v) is 7.72. The standard InChI is InChI=1S/C22H24ClN3O3/c23-18-12-15(9-10-20(27)26-29-21-8-4-5-11-28-21)14-24-22(18)25-19-13-17(19)16-6-2-1-3-7-16/h1-3,6-7,9-10,12,14,17,19,21H,4-5,8,11,13H2,(H,24,25)(H,26,27)/t17-,19+,21?/m1/s1. The Hall–Kier alpha value is -2.41. The number of carbonyl (C=O) groups is 1. The summed E-state index contributed by atoms with van der Waals surface area (Å²) < 4.78 is 5.40. The van der Waals surface area contributed by atoms with E-state index in [0.717, 1.165) is 31.2 Å². The summed E-state index contributed by atoms with van der Waals surface area (Å²) in [7, 11) is 0. The SMILES string of the molecule is O=C(C=Cc1cnc(N[C@H]2C[C@@H]2c2ccccc2)c(Cl)c1)NOC1CCCCO1. The zero-order chi connectivity index (χ0) is 20.1. The molecule has 4 rings (SSSR count). The van der Waals surface area contributed by atoms with E-state index in [1.807, 2.05) is 6.07 Å². The lowest BCUT2D eigenvalue weighted by molar-refractivity contribution is -0.198. The lowest BCUT2D eigenvalue weighted by Gasteiger charge is -2.21. The van der Waals surface area contributed by atoms with Gasteiger partial charge in [0, 0.05) is 37.3 Å². The fraction of sp³-hybridized carbons (Fsp3) is 0.364. The summed E-state index contributed by atoms with van der Waals surface area (Å²) >= 11 is 6.37. The number of amides is 1. The van der Waals surface area contributed by atoms with Crippen LogP contribution in [0.1, 0.15) is 42.7 Å². The molecule has 1 aliphatic carbocycles. The molecule has 0 radical (unpaired) electrons. The zero-order valence-corrected chi connectivity index (χ0v) is 16.8. The third-order valence-corrected chi connectivity index (χ3v) is 5.35. The Morgan fingerprint density at radius 2 is 2.14 bits per heavy atom. The molecule has 2 N–H and O–H groups in total. The minimum Gasteiger partial charge on any atom is -0.365 e. The van der Waals surface area contributed by atoms with Gasteiger partial charge in [0.25, 0.3) is 5.91 Å². The number of nitrogens with one attached hydrogen (secondary N) is 2. The molecule has 1 unspecified atom stereocenters. The van der Waals surface area contributed by atoms with Crippen molar-refractivity contribution in [3.63, 3.8) is 0 Å². The topological polar surface area (TPSA) is 72.5 Å². The highest BCUT2D eigenvalue weighted by Gasteiger charge is 2.38. The van der Waals surface area contributed by atoms with E-state index in [0.29, 0.717) is 29.4 Å². The lowest BCUT2D eigenvalue weighted by Crippen LogP contribution is -2.32. The van der Waals surface area contributed by atoms with E-state index in [4.69, 9.17) is 21.2 Å². The molecule has 2 aliphatic rings. The predicted octanol–water partition coefficient (Wildman–Crippen LogP) is 4.29. The molecule has 152 valence electrons. The van der Waals surface area contributed by atoms with Gasteiger partial charge in [-0.25, -0.2) is 15.3 Å². The second kappa shape index (κ2) is 9.39. The fourth-order valence-corrected chi connectivity index (χ4v) is 3.61. The van der Waals surface area contributed by atoms with E-state index < -0.39 is 0 Å². The molecule has 0 spiro atoms. The second-order valence-electron chi connectivity index (χ2n) is 7.32. The first-order valence-corrected chi connectivity index (χ1v) is 10.3. The predicted molar refractivity (Wildman–Crippen MR) is 112 cm³/mol. The molecule has 7 heteroatoms. The summed E-state index contributed by atoms with van der Waals surface area (Å²) in [6.07, 6.45) is 8.25. The van der Waals surface area contributed by atoms with Crippen LogP contribution in [0.4, 0.5) is 5.82 Å². The van der Waals surface area contributed by atoms with Crippen LogP contribution in [-0.4, -0.2) is 29.8 Å². The maximum Gasteiger partial charge on any atom is 0.267 e. The third-order valence-electron chi connectivity index (χ3n) is 5.06. The first-order valence-electron chi connectivity index (χ1n) is 9.91. The normalized spacial score (nSPS) is 23.7. The van der Waals surface area contributed by atoms with Crippen LogP contribution in [-0.2, 0) is 14.4 Å². The van der Waals surface area contributed by atoms with Crippen molar-refractivity contribution in [1.82, 2.24) is 10.5 Å². The Labute approximate surface area is 175 Å². The van der Waals surface area contributed by atoms with Gasteiger partial charge in [0.15, 0.2) is 6.29 Å². The fourth-order valence-electron chi connectivity index (χ4n) is 3.38. The Balaban J connectivity index is 1.27. The summed E-state index contributed by atoms with van der Waals surface area (Å²) in [5, 5.41) is 3.93. The van der Waals surface area contributed by atoms with Crippen molar-refractivity contribution in [3.8, 4) is 0 Å². The molecule has 2 aromatic rings. The van der Waals surface area contributed by atoms with Crippen LogP contribution in [0, 0.1) is 0 Å². The number of hydrogen-bond donors (Lipinski definition) is 2. The molecule has 2 fully saturated rings. The molecule has 1 aromatic carbocycles. The van der Waals surface area contributed by atoms with Gasteiger partial charge in [-0.1, -0.05) is 41.9 Å². The van der Waals surface area contributed by atoms with Crippen LogP contribution in [0.3, 0.4) is 0 Å². The summed E-state index contributed by atoms with van der Waals surface area (Å²) in [5.74, 6) is 0.793. The molecule has 6 nitrogen and oxygen atoms in total. The maximum atomic E-state index is 11.9. The van der Waals surface area contributed by atoms with Crippen LogP contribution >= 0.6 is 11.6 Å². The highest BCUT2D eigenvalue weighted by Crippen LogP contribution is 2.43. The van der Waals surface area contributed by atoms with Gasteiger partial charge in [-0.05, 0) is 42.5 Å². The molecule has 1 aliphatic heterocycles. The van der Waals surface area contributed by atoms with Gasteiger partial charge in [0.1, 0.15) is 5.82 Å². The molecular formula is C22H24ClN3O3. The number of halogens is 1. The number of benzene rings is 1. The summed E-state index contributed by atoms with van der Waals surface area (Å²) in [6, 6.07) is 12.5. The van der Waals surface area contributed by atoms with Gasteiger partial charge in [0.2, 0.25) is 0 Å². The minimum atomic E-state index is -0.371. The number of nitrogens with zero attached hydrogens (tertiary/aromatic N) is 1. The van der Waals surface area contributed by atoms with E-state index in [1.54, 1.807) is 18.3 Å². The summed E-state index contributed by atoms with van der Waals surface area (Å²) in [5.41, 5.74) is 4.45. The summed E-state index contributed by atoms with van der Waals surface area (Å²) in [4.78, 5) is 21.5. The zero-order valence-electron chi connectivity index (χ0n) is 16.0. The first kappa shape index (κ1) is 19.9.